The number of hydrogen-bond donors (Lipinski definition) is 0. The molecule has 0 aliphatic heterocycles. The molecule has 0 aliphatic carbocycles. The third kappa shape index (κ3) is 3.44. The molecule has 0 atom stereocenters. The van der Waals surface area contributed by atoms with Crippen LogP contribution in [0.5, 0.6) is 11.5 Å². The van der Waals surface area contributed by atoms with Crippen molar-refractivity contribution in [3.05, 3.63) is 72.3 Å². The lowest BCUT2D eigenvalue weighted by molar-refractivity contribution is -0.136. The molecule has 0 aliphatic rings. The second-order valence-corrected chi connectivity index (χ2v) is 5.08. The molecule has 3 nitrogen and oxygen atoms in total. The van der Waals surface area contributed by atoms with Crippen molar-refractivity contribution in [1.82, 2.24) is 0 Å². The molecule has 0 unspecified atom stereocenters. The van der Waals surface area contributed by atoms with Gasteiger partial charge in [0, 0.05) is 0 Å². The van der Waals surface area contributed by atoms with E-state index in [2.05, 4.69) is 0 Å². The van der Waals surface area contributed by atoms with Crippen LogP contribution in [0.25, 0.3) is 10.8 Å². The Bertz CT molecular complexity index is 791. The molecular formula is C19H16O3. The minimum atomic E-state index is -0.419. The Morgan fingerprint density at radius 3 is 2.32 bits per heavy atom. The fraction of sp³-hybridized carbons (Fsp3) is 0.105. The van der Waals surface area contributed by atoms with Gasteiger partial charge in [0.05, 0.1) is 0 Å². The summed E-state index contributed by atoms with van der Waals surface area (Å²) in [4.78, 5) is 11.8. The molecule has 3 aromatic carbocycles. The van der Waals surface area contributed by atoms with Gasteiger partial charge in [-0.1, -0.05) is 48.0 Å². The van der Waals surface area contributed by atoms with E-state index in [1.165, 1.54) is 0 Å². The molecule has 0 aromatic heterocycles. The maximum absolute atomic E-state index is 11.8. The zero-order valence-corrected chi connectivity index (χ0v) is 12.3. The van der Waals surface area contributed by atoms with Gasteiger partial charge in [0.1, 0.15) is 11.5 Å². The summed E-state index contributed by atoms with van der Waals surface area (Å²) in [5.41, 5.74) is 1.12. The Hall–Kier alpha value is -2.81. The third-order valence-corrected chi connectivity index (χ3v) is 3.33. The maximum Gasteiger partial charge on any atom is 0.349 e. The smallest absolute Gasteiger partial charge is 0.349 e. The van der Waals surface area contributed by atoms with Gasteiger partial charge in [0.25, 0.3) is 0 Å². The zero-order chi connectivity index (χ0) is 15.4. The Morgan fingerprint density at radius 1 is 0.864 bits per heavy atom. The molecule has 0 bridgehead atoms. The topological polar surface area (TPSA) is 35.5 Å². The van der Waals surface area contributed by atoms with Gasteiger partial charge in [0.2, 0.25) is 0 Å². The van der Waals surface area contributed by atoms with Crippen molar-refractivity contribution in [3.63, 3.8) is 0 Å². The summed E-state index contributed by atoms with van der Waals surface area (Å²) in [5, 5.41) is 2.21. The molecule has 0 saturated carbocycles. The van der Waals surface area contributed by atoms with Gasteiger partial charge >= 0.3 is 5.97 Å². The average molecular weight is 292 g/mol. The summed E-state index contributed by atoms with van der Waals surface area (Å²) in [6.45, 7) is 1.86. The van der Waals surface area contributed by atoms with E-state index in [1.54, 1.807) is 12.1 Å². The highest BCUT2D eigenvalue weighted by molar-refractivity contribution is 5.83. The molecule has 3 aromatic rings. The summed E-state index contributed by atoms with van der Waals surface area (Å²) < 4.78 is 10.7. The predicted octanol–water partition coefficient (Wildman–Crippen LogP) is 4.13. The van der Waals surface area contributed by atoms with Gasteiger partial charge < -0.3 is 9.47 Å². The summed E-state index contributed by atoms with van der Waals surface area (Å²) in [6, 6.07) is 21.1. The van der Waals surface area contributed by atoms with Gasteiger partial charge in [-0.05, 0) is 42.0 Å². The van der Waals surface area contributed by atoms with Crippen LogP contribution in [0.1, 0.15) is 5.56 Å². The minimum absolute atomic E-state index is 0.119. The second kappa shape index (κ2) is 6.31. The van der Waals surface area contributed by atoms with E-state index in [0.717, 1.165) is 16.3 Å². The molecule has 22 heavy (non-hydrogen) atoms. The van der Waals surface area contributed by atoms with Crippen molar-refractivity contribution in [2.24, 2.45) is 0 Å². The van der Waals surface area contributed by atoms with E-state index >= 15 is 0 Å². The van der Waals surface area contributed by atoms with Gasteiger partial charge in [-0.2, -0.15) is 0 Å². The van der Waals surface area contributed by atoms with Crippen LogP contribution in [0.2, 0.25) is 0 Å². The van der Waals surface area contributed by atoms with Gasteiger partial charge in [-0.25, -0.2) is 4.79 Å². The number of carbonyl (C=O) groups is 1. The van der Waals surface area contributed by atoms with E-state index in [1.807, 2.05) is 61.5 Å². The summed E-state index contributed by atoms with van der Waals surface area (Å²) in [7, 11) is 0. The largest absolute Gasteiger partial charge is 0.482 e. The van der Waals surface area contributed by atoms with Crippen molar-refractivity contribution in [1.29, 1.82) is 0 Å². The van der Waals surface area contributed by atoms with E-state index in [-0.39, 0.29) is 6.61 Å². The first-order valence-electron chi connectivity index (χ1n) is 7.10. The standard InChI is InChI=1S/C19H16O3/c1-14-6-9-17(10-7-14)22-19(20)13-21-18-11-8-15-4-2-3-5-16(15)12-18/h2-12H,13H2,1H3. The van der Waals surface area contributed by atoms with Crippen LogP contribution in [-0.2, 0) is 4.79 Å². The third-order valence-electron chi connectivity index (χ3n) is 3.33. The molecule has 3 heteroatoms. The monoisotopic (exact) mass is 292 g/mol. The molecule has 0 spiro atoms. The van der Waals surface area contributed by atoms with E-state index in [4.69, 9.17) is 9.47 Å². The summed E-state index contributed by atoms with van der Waals surface area (Å²) in [6.07, 6.45) is 0. The van der Waals surface area contributed by atoms with Crippen LogP contribution < -0.4 is 9.47 Å². The molecule has 0 heterocycles. The van der Waals surface area contributed by atoms with Crippen LogP contribution in [0.4, 0.5) is 0 Å². The van der Waals surface area contributed by atoms with Crippen molar-refractivity contribution in [2.75, 3.05) is 6.61 Å². The fourth-order valence-corrected chi connectivity index (χ4v) is 2.17. The SMILES string of the molecule is Cc1ccc(OC(=O)COc2ccc3ccccc3c2)cc1. The number of rotatable bonds is 4. The van der Waals surface area contributed by atoms with Crippen LogP contribution in [0.15, 0.2) is 66.7 Å². The number of hydrogen-bond acceptors (Lipinski definition) is 3. The Labute approximate surface area is 129 Å². The quantitative estimate of drug-likeness (QED) is 0.535. The van der Waals surface area contributed by atoms with Crippen LogP contribution >= 0.6 is 0 Å². The lowest BCUT2D eigenvalue weighted by Crippen LogP contribution is -2.17. The van der Waals surface area contributed by atoms with Crippen LogP contribution in [0, 0.1) is 6.92 Å². The first-order chi connectivity index (χ1) is 10.7. The summed E-state index contributed by atoms with van der Waals surface area (Å²) >= 11 is 0. The Morgan fingerprint density at radius 2 is 1.55 bits per heavy atom. The second-order valence-electron chi connectivity index (χ2n) is 5.08. The normalized spacial score (nSPS) is 10.4. The highest BCUT2D eigenvalue weighted by Crippen LogP contribution is 2.20. The molecule has 0 N–H and O–H groups in total. The van der Waals surface area contributed by atoms with Gasteiger partial charge in [-0.3, -0.25) is 0 Å². The number of ether oxygens (including phenoxy) is 2. The van der Waals surface area contributed by atoms with Crippen LogP contribution in [0.3, 0.4) is 0 Å². The van der Waals surface area contributed by atoms with Gasteiger partial charge in [-0.15, -0.1) is 0 Å². The van der Waals surface area contributed by atoms with E-state index < -0.39 is 5.97 Å². The number of benzene rings is 3. The number of carbonyl (C=O) groups excluding carboxylic acids is 1. The van der Waals surface area contributed by atoms with Crippen molar-refractivity contribution in [3.8, 4) is 11.5 Å². The van der Waals surface area contributed by atoms with Crippen molar-refractivity contribution in [2.45, 2.75) is 6.92 Å². The average Bonchev–Trinajstić information content (AvgIpc) is 2.55. The Balaban J connectivity index is 1.60. The first kappa shape index (κ1) is 14.1. The molecule has 110 valence electrons. The lowest BCUT2D eigenvalue weighted by atomic mass is 10.1. The number of esters is 1. The van der Waals surface area contributed by atoms with Crippen LogP contribution in [-0.4, -0.2) is 12.6 Å². The zero-order valence-electron chi connectivity index (χ0n) is 12.3. The molecule has 0 fully saturated rings. The molecular weight excluding hydrogens is 276 g/mol. The molecule has 0 saturated heterocycles. The number of fused-ring (bicyclic) bond motifs is 1. The summed E-state index contributed by atoms with van der Waals surface area (Å²) in [5.74, 6) is 0.759. The highest BCUT2D eigenvalue weighted by Gasteiger charge is 2.06. The van der Waals surface area contributed by atoms with Crippen molar-refractivity contribution >= 4 is 16.7 Å². The molecule has 0 radical (unpaired) electrons. The minimum Gasteiger partial charge on any atom is -0.482 e. The van der Waals surface area contributed by atoms with Gasteiger partial charge in [0.15, 0.2) is 6.61 Å². The molecule has 3 rings (SSSR count). The van der Waals surface area contributed by atoms with E-state index in [9.17, 15) is 4.79 Å². The van der Waals surface area contributed by atoms with E-state index in [0.29, 0.717) is 11.5 Å². The fourth-order valence-electron chi connectivity index (χ4n) is 2.17. The molecule has 0 amide bonds. The number of aryl methyl sites for hydroxylation is 1. The predicted molar refractivity (Wildman–Crippen MR) is 86.3 cm³/mol. The first-order valence-corrected chi connectivity index (χ1v) is 7.10. The van der Waals surface area contributed by atoms with Crippen molar-refractivity contribution < 1.29 is 14.3 Å². The lowest BCUT2D eigenvalue weighted by Gasteiger charge is -2.08. The Kier molecular flexibility index (Phi) is 4.05. The highest BCUT2D eigenvalue weighted by atomic mass is 16.6. The maximum atomic E-state index is 11.8.